The van der Waals surface area contributed by atoms with E-state index in [0.29, 0.717) is 0 Å². The summed E-state index contributed by atoms with van der Waals surface area (Å²) in [5, 5.41) is 0. The van der Waals surface area contributed by atoms with Gasteiger partial charge in [-0.3, -0.25) is 14.3 Å². The second-order valence-electron chi connectivity index (χ2n) is 6.54. The minimum atomic E-state index is -0.916. The third-order valence-electron chi connectivity index (χ3n) is 4.24. The topological polar surface area (TPSA) is 170 Å². The first kappa shape index (κ1) is 16.8. The molecular weight excluding hydrogens is 348 g/mol. The lowest BCUT2D eigenvalue weighted by Gasteiger charge is -2.24. The maximum atomic E-state index is 12.0. The number of anilines is 1. The van der Waals surface area contributed by atoms with E-state index < -0.39 is 42.0 Å². The molecule has 4 rings (SSSR count). The van der Waals surface area contributed by atoms with Gasteiger partial charge in [0.1, 0.15) is 24.9 Å². The second kappa shape index (κ2) is 5.65. The monoisotopic (exact) mass is 366 g/mol. The number of primary amides is 1. The highest BCUT2D eigenvalue weighted by atomic mass is 16.8. The number of carbonyl (C=O) groups is 1. The Morgan fingerprint density at radius 1 is 1.42 bits per heavy atom. The summed E-state index contributed by atoms with van der Waals surface area (Å²) in [4.78, 5) is 33.5. The molecule has 2 saturated heterocycles. The molecule has 0 bridgehead atoms. The van der Waals surface area contributed by atoms with Gasteiger partial charge in [-0.2, -0.15) is 4.98 Å². The first-order valence-electron chi connectivity index (χ1n) is 7.91. The van der Waals surface area contributed by atoms with E-state index in [-0.39, 0.29) is 23.7 Å². The first-order valence-corrected chi connectivity index (χ1v) is 7.91. The number of carbonyl (C=O) groups excluding carboxylic acids is 1. The van der Waals surface area contributed by atoms with E-state index in [1.807, 2.05) is 0 Å². The maximum absolute atomic E-state index is 12.0. The number of fused-ring (bicyclic) bond motifs is 2. The fourth-order valence-electron chi connectivity index (χ4n) is 3.31. The van der Waals surface area contributed by atoms with Crippen molar-refractivity contribution in [2.24, 2.45) is 5.73 Å². The van der Waals surface area contributed by atoms with Crippen molar-refractivity contribution in [1.29, 1.82) is 0 Å². The predicted molar refractivity (Wildman–Crippen MR) is 85.8 cm³/mol. The van der Waals surface area contributed by atoms with Crippen molar-refractivity contribution in [1.82, 2.24) is 19.5 Å². The summed E-state index contributed by atoms with van der Waals surface area (Å²) in [5.74, 6) is -0.904. The van der Waals surface area contributed by atoms with Crippen LogP contribution in [0.2, 0.25) is 0 Å². The van der Waals surface area contributed by atoms with Crippen LogP contribution in [0.4, 0.5) is 10.7 Å². The fourth-order valence-corrected chi connectivity index (χ4v) is 3.31. The van der Waals surface area contributed by atoms with Gasteiger partial charge in [0.25, 0.3) is 5.56 Å². The maximum Gasteiger partial charge on any atom is 0.404 e. The van der Waals surface area contributed by atoms with Gasteiger partial charge in [-0.25, -0.2) is 9.78 Å². The van der Waals surface area contributed by atoms with Crippen LogP contribution in [0, 0.1) is 0 Å². The van der Waals surface area contributed by atoms with Crippen molar-refractivity contribution < 1.29 is 23.7 Å². The molecule has 2 fully saturated rings. The molecule has 140 valence electrons. The number of imidazole rings is 1. The van der Waals surface area contributed by atoms with Crippen molar-refractivity contribution in [3.63, 3.8) is 0 Å². The van der Waals surface area contributed by atoms with Gasteiger partial charge >= 0.3 is 6.09 Å². The molecule has 12 heteroatoms. The van der Waals surface area contributed by atoms with Gasteiger partial charge in [0.05, 0.1) is 6.33 Å². The number of H-pyrrole nitrogens is 1. The zero-order valence-corrected chi connectivity index (χ0v) is 14.0. The lowest BCUT2D eigenvalue weighted by molar-refractivity contribution is -0.199. The SMILES string of the molecule is CC1(C)OC2C(COC(N)=O)OC(n3cnc4c(=O)[nH]c(N)nc43)C2O1. The Balaban J connectivity index is 1.72. The zero-order valence-electron chi connectivity index (χ0n) is 14.0. The van der Waals surface area contributed by atoms with E-state index in [9.17, 15) is 9.59 Å². The van der Waals surface area contributed by atoms with Gasteiger partial charge in [0, 0.05) is 0 Å². The predicted octanol–water partition coefficient (Wildman–Crippen LogP) is -0.785. The Kier molecular flexibility index (Phi) is 3.64. The third kappa shape index (κ3) is 2.67. The summed E-state index contributed by atoms with van der Waals surface area (Å²) < 4.78 is 24.2. The number of ether oxygens (including phenoxy) is 4. The van der Waals surface area contributed by atoms with E-state index in [1.54, 1.807) is 18.4 Å². The van der Waals surface area contributed by atoms with Crippen LogP contribution in [-0.4, -0.2) is 56.3 Å². The molecule has 0 saturated carbocycles. The summed E-state index contributed by atoms with van der Waals surface area (Å²) >= 11 is 0. The van der Waals surface area contributed by atoms with Crippen LogP contribution in [0.5, 0.6) is 0 Å². The number of aromatic nitrogens is 4. The lowest BCUT2D eigenvalue weighted by atomic mass is 10.1. The number of nitrogens with one attached hydrogen (secondary N) is 1. The van der Waals surface area contributed by atoms with Crippen LogP contribution in [-0.2, 0) is 18.9 Å². The molecule has 12 nitrogen and oxygen atoms in total. The Bertz CT molecular complexity index is 922. The van der Waals surface area contributed by atoms with E-state index >= 15 is 0 Å². The summed E-state index contributed by atoms with van der Waals surface area (Å²) in [7, 11) is 0. The summed E-state index contributed by atoms with van der Waals surface area (Å²) in [5.41, 5.74) is 10.6. The van der Waals surface area contributed by atoms with E-state index in [1.165, 1.54) is 6.33 Å². The number of hydrogen-bond acceptors (Lipinski definition) is 9. The fraction of sp³-hybridized carbons (Fsp3) is 0.571. The van der Waals surface area contributed by atoms with Crippen LogP contribution in [0.15, 0.2) is 11.1 Å². The largest absolute Gasteiger partial charge is 0.447 e. The van der Waals surface area contributed by atoms with Gasteiger partial charge in [-0.1, -0.05) is 0 Å². The minimum absolute atomic E-state index is 0.0451. The summed E-state index contributed by atoms with van der Waals surface area (Å²) in [6, 6.07) is 0. The number of rotatable bonds is 3. The molecule has 1 amide bonds. The molecule has 5 N–H and O–H groups in total. The smallest absolute Gasteiger partial charge is 0.404 e. The molecular formula is C14H18N6O6. The second-order valence-corrected chi connectivity index (χ2v) is 6.54. The van der Waals surface area contributed by atoms with Gasteiger partial charge in [0.2, 0.25) is 5.95 Å². The molecule has 2 aliphatic rings. The zero-order chi connectivity index (χ0) is 18.6. The van der Waals surface area contributed by atoms with Crippen LogP contribution >= 0.6 is 0 Å². The number of nitrogen functional groups attached to an aromatic ring is 1. The third-order valence-corrected chi connectivity index (χ3v) is 4.24. The normalized spacial score (nSPS) is 29.8. The minimum Gasteiger partial charge on any atom is -0.447 e. The lowest BCUT2D eigenvalue weighted by Crippen LogP contribution is -2.34. The average Bonchev–Trinajstić information content (AvgIpc) is 3.16. The number of hydrogen-bond donors (Lipinski definition) is 3. The van der Waals surface area contributed by atoms with E-state index in [0.717, 1.165) is 0 Å². The van der Waals surface area contributed by atoms with Gasteiger partial charge < -0.3 is 30.4 Å². The van der Waals surface area contributed by atoms with Crippen molar-refractivity contribution in [3.8, 4) is 0 Å². The van der Waals surface area contributed by atoms with Crippen molar-refractivity contribution in [2.75, 3.05) is 12.3 Å². The van der Waals surface area contributed by atoms with Gasteiger partial charge in [0.15, 0.2) is 23.2 Å². The molecule has 0 spiro atoms. The van der Waals surface area contributed by atoms with E-state index in [4.69, 9.17) is 30.4 Å². The summed E-state index contributed by atoms with van der Waals surface area (Å²) in [6.45, 7) is 3.43. The average molecular weight is 366 g/mol. The van der Waals surface area contributed by atoms with Crippen molar-refractivity contribution >= 4 is 23.2 Å². The van der Waals surface area contributed by atoms with Crippen LogP contribution in [0.25, 0.3) is 11.2 Å². The standard InChI is InChI=1S/C14H18N6O6/c1-14(2)25-7-5(3-23-13(16)22)24-11(8(7)26-14)20-4-17-6-9(20)18-12(15)19-10(6)21/h4-5,7-8,11H,3H2,1-2H3,(H2,16,22)(H3,15,18,19,21). The molecule has 4 atom stereocenters. The molecule has 2 aromatic rings. The van der Waals surface area contributed by atoms with Crippen LogP contribution in [0.1, 0.15) is 20.1 Å². The molecule has 26 heavy (non-hydrogen) atoms. The summed E-state index contributed by atoms with van der Waals surface area (Å²) in [6.07, 6.45) is -1.86. The van der Waals surface area contributed by atoms with Gasteiger partial charge in [-0.15, -0.1) is 0 Å². The number of amides is 1. The van der Waals surface area contributed by atoms with Crippen LogP contribution < -0.4 is 17.0 Å². The quantitative estimate of drug-likeness (QED) is 0.630. The molecule has 2 aromatic heterocycles. The highest BCUT2D eigenvalue weighted by molar-refractivity contribution is 5.70. The van der Waals surface area contributed by atoms with E-state index in [2.05, 4.69) is 15.0 Å². The molecule has 0 radical (unpaired) electrons. The molecule has 4 heterocycles. The number of aromatic amines is 1. The Morgan fingerprint density at radius 3 is 2.88 bits per heavy atom. The molecule has 2 aliphatic heterocycles. The Labute approximate surface area is 146 Å². The van der Waals surface area contributed by atoms with Crippen molar-refractivity contribution in [3.05, 3.63) is 16.7 Å². The highest BCUT2D eigenvalue weighted by Crippen LogP contribution is 2.43. The highest BCUT2D eigenvalue weighted by Gasteiger charge is 2.56. The van der Waals surface area contributed by atoms with Crippen LogP contribution in [0.3, 0.4) is 0 Å². The van der Waals surface area contributed by atoms with Gasteiger partial charge in [-0.05, 0) is 13.8 Å². The van der Waals surface area contributed by atoms with Crippen molar-refractivity contribution in [2.45, 2.75) is 44.2 Å². The molecule has 0 aromatic carbocycles. The Morgan fingerprint density at radius 2 is 2.15 bits per heavy atom. The first-order chi connectivity index (χ1) is 12.2. The number of nitrogens with zero attached hydrogens (tertiary/aromatic N) is 3. The molecule has 4 unspecified atom stereocenters. The Hall–Kier alpha value is -2.70. The molecule has 0 aliphatic carbocycles. The number of nitrogens with two attached hydrogens (primary N) is 2.